The number of hydrogen-bond acceptors (Lipinski definition) is 3. The van der Waals surface area contributed by atoms with Crippen molar-refractivity contribution in [2.24, 2.45) is 0 Å². The van der Waals surface area contributed by atoms with Crippen molar-refractivity contribution in [2.45, 2.75) is 33.1 Å². The smallest absolute Gasteiger partial charge is 0.0645 e. The molecule has 4 heteroatoms. The van der Waals surface area contributed by atoms with Crippen LogP contribution in [-0.4, -0.2) is 14.5 Å². The van der Waals surface area contributed by atoms with E-state index in [2.05, 4.69) is 156 Å². The van der Waals surface area contributed by atoms with Gasteiger partial charge in [-0.15, -0.1) is 0 Å². The molecule has 3 heterocycles. The van der Waals surface area contributed by atoms with Crippen molar-refractivity contribution in [3.8, 4) is 16.8 Å². The van der Waals surface area contributed by atoms with Gasteiger partial charge < -0.3 is 9.47 Å². The second-order valence-electron chi connectivity index (χ2n) is 12.9. The normalized spacial score (nSPS) is 13.2. The predicted molar refractivity (Wildman–Crippen MR) is 196 cm³/mol. The number of para-hydroxylation sites is 1. The molecule has 8 rings (SSSR count). The summed E-state index contributed by atoms with van der Waals surface area (Å²) in [6.45, 7) is 9.21. The third-order valence-electron chi connectivity index (χ3n) is 9.78. The summed E-state index contributed by atoms with van der Waals surface area (Å²) in [4.78, 5) is 10.9. The van der Waals surface area contributed by atoms with Gasteiger partial charge in [-0.1, -0.05) is 74.5 Å². The third kappa shape index (κ3) is 4.85. The van der Waals surface area contributed by atoms with E-state index in [1.165, 1.54) is 55.7 Å². The lowest BCUT2D eigenvalue weighted by Crippen LogP contribution is -2.15. The van der Waals surface area contributed by atoms with E-state index >= 15 is 0 Å². The van der Waals surface area contributed by atoms with E-state index in [0.717, 1.165) is 22.6 Å². The topological polar surface area (TPSA) is 34.0 Å². The zero-order valence-electron chi connectivity index (χ0n) is 27.1. The van der Waals surface area contributed by atoms with Gasteiger partial charge in [0.1, 0.15) is 0 Å². The van der Waals surface area contributed by atoms with Crippen molar-refractivity contribution in [1.82, 2.24) is 14.5 Å². The van der Waals surface area contributed by atoms with Crippen LogP contribution in [0.4, 0.5) is 17.1 Å². The van der Waals surface area contributed by atoms with Crippen LogP contribution in [0.5, 0.6) is 0 Å². The van der Waals surface area contributed by atoms with Crippen LogP contribution in [0, 0.1) is 13.8 Å². The van der Waals surface area contributed by atoms with Gasteiger partial charge in [-0.05, 0) is 113 Å². The molecule has 0 aliphatic heterocycles. The van der Waals surface area contributed by atoms with Crippen molar-refractivity contribution >= 4 is 40.1 Å². The lowest BCUT2D eigenvalue weighted by Gasteiger charge is -2.24. The van der Waals surface area contributed by atoms with Crippen molar-refractivity contribution in [3.05, 3.63) is 167 Å². The predicted octanol–water partition coefficient (Wildman–Crippen LogP) is 11.0. The maximum Gasteiger partial charge on any atom is 0.0645 e. The SMILES string of the molecule is Cc1c(C)n(-c2ccccc2)c2cc3c(cc12)-c1ccc(/C=C/c2ccc(N(c4cccnc4)c4cccnc4)cc2)cc1C3(C)C. The van der Waals surface area contributed by atoms with Crippen LogP contribution < -0.4 is 4.90 Å². The number of hydrogen-bond donors (Lipinski definition) is 0. The number of fused-ring (bicyclic) bond motifs is 4. The van der Waals surface area contributed by atoms with Crippen LogP contribution in [0.25, 0.3) is 39.9 Å². The Bertz CT molecular complexity index is 2220. The minimum Gasteiger partial charge on any atom is -0.314 e. The molecule has 228 valence electrons. The van der Waals surface area contributed by atoms with E-state index in [9.17, 15) is 0 Å². The molecule has 0 fully saturated rings. The Morgan fingerprint density at radius 3 is 1.91 bits per heavy atom. The van der Waals surface area contributed by atoms with Gasteiger partial charge in [0, 0.05) is 40.3 Å². The molecule has 0 amide bonds. The van der Waals surface area contributed by atoms with E-state index in [1.54, 1.807) is 12.4 Å². The highest BCUT2D eigenvalue weighted by atomic mass is 15.2. The number of benzene rings is 4. The Labute approximate surface area is 276 Å². The highest BCUT2D eigenvalue weighted by Gasteiger charge is 2.36. The number of aryl methyl sites for hydroxylation is 1. The maximum absolute atomic E-state index is 4.35. The van der Waals surface area contributed by atoms with Gasteiger partial charge in [0.15, 0.2) is 0 Å². The zero-order chi connectivity index (χ0) is 32.1. The maximum atomic E-state index is 4.35. The van der Waals surface area contributed by atoms with E-state index < -0.39 is 0 Å². The first-order valence-electron chi connectivity index (χ1n) is 16.1. The van der Waals surface area contributed by atoms with Crippen molar-refractivity contribution < 1.29 is 0 Å². The quantitative estimate of drug-likeness (QED) is 0.176. The first-order chi connectivity index (χ1) is 22.9. The molecule has 3 aromatic heterocycles. The first-order valence-corrected chi connectivity index (χ1v) is 16.1. The summed E-state index contributed by atoms with van der Waals surface area (Å²) >= 11 is 0. The van der Waals surface area contributed by atoms with Crippen LogP contribution in [0.15, 0.2) is 134 Å². The van der Waals surface area contributed by atoms with Crippen molar-refractivity contribution in [3.63, 3.8) is 0 Å². The lowest BCUT2D eigenvalue weighted by atomic mass is 9.81. The van der Waals surface area contributed by atoms with Gasteiger partial charge >= 0.3 is 0 Å². The molecule has 0 bridgehead atoms. The fourth-order valence-electron chi connectivity index (χ4n) is 7.18. The van der Waals surface area contributed by atoms with E-state index in [4.69, 9.17) is 0 Å². The molecule has 0 radical (unpaired) electrons. The molecule has 0 saturated carbocycles. The third-order valence-corrected chi connectivity index (χ3v) is 9.78. The average molecular weight is 609 g/mol. The Morgan fingerprint density at radius 1 is 0.617 bits per heavy atom. The van der Waals surface area contributed by atoms with E-state index in [-0.39, 0.29) is 5.41 Å². The van der Waals surface area contributed by atoms with Gasteiger partial charge in [-0.25, -0.2) is 0 Å². The number of aromatic nitrogens is 3. The molecule has 1 aliphatic carbocycles. The van der Waals surface area contributed by atoms with Crippen LogP contribution in [0.1, 0.15) is 47.4 Å². The number of pyridine rings is 2. The average Bonchev–Trinajstić information content (AvgIpc) is 3.49. The van der Waals surface area contributed by atoms with E-state index in [1.807, 2.05) is 24.5 Å². The first kappa shape index (κ1) is 28.7. The fourth-order valence-corrected chi connectivity index (χ4v) is 7.18. The van der Waals surface area contributed by atoms with Gasteiger partial charge in [-0.3, -0.25) is 9.97 Å². The summed E-state index contributed by atoms with van der Waals surface area (Å²) in [5, 5.41) is 1.33. The molecule has 7 aromatic rings. The molecular formula is C43H36N4. The van der Waals surface area contributed by atoms with Gasteiger partial charge in [0.2, 0.25) is 0 Å². The zero-order valence-corrected chi connectivity index (χ0v) is 27.1. The standard InChI is InChI=1S/C43H36N4/c1-29-30(2)46(33-10-6-5-7-11-33)42-26-41-39(25-38(29)42)37-21-18-32(24-40(37)43(41,3)4)15-14-31-16-19-34(20-17-31)47(35-12-8-22-44-27-35)36-13-9-23-45-28-36/h5-28H,1-4H3/b15-14+. The minimum atomic E-state index is -0.111. The summed E-state index contributed by atoms with van der Waals surface area (Å²) in [5.41, 5.74) is 15.8. The molecule has 47 heavy (non-hydrogen) atoms. The van der Waals surface area contributed by atoms with E-state index in [0.29, 0.717) is 0 Å². The summed E-state index contributed by atoms with van der Waals surface area (Å²) in [5.74, 6) is 0. The molecule has 0 N–H and O–H groups in total. The molecule has 0 unspecified atom stereocenters. The molecular weight excluding hydrogens is 573 g/mol. The van der Waals surface area contributed by atoms with Gasteiger partial charge in [0.05, 0.1) is 29.3 Å². The Kier molecular flexibility index (Phi) is 6.87. The summed E-state index contributed by atoms with van der Waals surface area (Å²) in [6, 6.07) is 39.2. The van der Waals surface area contributed by atoms with Crippen LogP contribution in [0.3, 0.4) is 0 Å². The number of nitrogens with zero attached hydrogens (tertiary/aromatic N) is 4. The highest BCUT2D eigenvalue weighted by Crippen LogP contribution is 2.51. The largest absolute Gasteiger partial charge is 0.314 e. The van der Waals surface area contributed by atoms with Crippen LogP contribution >= 0.6 is 0 Å². The molecule has 4 aromatic carbocycles. The van der Waals surface area contributed by atoms with Gasteiger partial charge in [0.25, 0.3) is 0 Å². The van der Waals surface area contributed by atoms with Crippen molar-refractivity contribution in [2.75, 3.05) is 4.90 Å². The van der Waals surface area contributed by atoms with Gasteiger partial charge in [-0.2, -0.15) is 0 Å². The Morgan fingerprint density at radius 2 is 1.26 bits per heavy atom. The monoisotopic (exact) mass is 608 g/mol. The summed E-state index contributed by atoms with van der Waals surface area (Å²) in [7, 11) is 0. The van der Waals surface area contributed by atoms with Crippen molar-refractivity contribution in [1.29, 1.82) is 0 Å². The Hall–Kier alpha value is -5.74. The fraction of sp³-hybridized carbons (Fsp3) is 0.116. The summed E-state index contributed by atoms with van der Waals surface area (Å²) < 4.78 is 2.41. The molecule has 0 atom stereocenters. The molecule has 1 aliphatic rings. The minimum absolute atomic E-state index is 0.111. The Balaban J connectivity index is 1.11. The second kappa shape index (κ2) is 11.3. The van der Waals surface area contributed by atoms with Crippen LogP contribution in [-0.2, 0) is 5.41 Å². The highest BCUT2D eigenvalue weighted by molar-refractivity contribution is 5.96. The summed E-state index contributed by atoms with van der Waals surface area (Å²) in [6.07, 6.45) is 11.8. The number of anilines is 3. The number of rotatable bonds is 6. The molecule has 4 nitrogen and oxygen atoms in total. The molecule has 0 spiro atoms. The molecule has 0 saturated heterocycles. The van der Waals surface area contributed by atoms with Crippen LogP contribution in [0.2, 0.25) is 0 Å². The second-order valence-corrected chi connectivity index (χ2v) is 12.9. The lowest BCUT2D eigenvalue weighted by molar-refractivity contribution is 0.660.